The summed E-state index contributed by atoms with van der Waals surface area (Å²) >= 11 is 5.99. The van der Waals surface area contributed by atoms with E-state index < -0.39 is 22.6 Å². The highest BCUT2D eigenvalue weighted by Crippen LogP contribution is 2.21. The maximum atomic E-state index is 12.4. The summed E-state index contributed by atoms with van der Waals surface area (Å²) in [5.41, 5.74) is -0.111. The Balaban J connectivity index is 2.89. The number of carbonyl (C=O) groups excluding carboxylic acids is 2. The molecular formula is C18H27ClN2O5S. The second kappa shape index (κ2) is 10.1. The van der Waals surface area contributed by atoms with Gasteiger partial charge in [0.15, 0.2) is 6.61 Å². The van der Waals surface area contributed by atoms with Crippen LogP contribution in [-0.2, 0) is 19.6 Å². The van der Waals surface area contributed by atoms with Crippen LogP contribution < -0.4 is 4.72 Å². The molecule has 0 aliphatic heterocycles. The molecule has 0 aromatic heterocycles. The van der Waals surface area contributed by atoms with Crippen LogP contribution in [0.1, 0.15) is 38.1 Å². The molecule has 1 N–H and O–H groups in total. The molecule has 0 atom stereocenters. The van der Waals surface area contributed by atoms with Crippen LogP contribution in [0.25, 0.3) is 0 Å². The van der Waals surface area contributed by atoms with Gasteiger partial charge >= 0.3 is 5.97 Å². The van der Waals surface area contributed by atoms with E-state index in [1.165, 1.54) is 19.2 Å². The monoisotopic (exact) mass is 418 g/mol. The zero-order valence-electron chi connectivity index (χ0n) is 16.3. The molecule has 0 heterocycles. The van der Waals surface area contributed by atoms with Gasteiger partial charge in [0.1, 0.15) is 0 Å². The molecule has 1 aromatic rings. The number of nitrogens with zero attached hydrogens (tertiary/aromatic N) is 1. The molecule has 0 saturated heterocycles. The molecule has 152 valence electrons. The van der Waals surface area contributed by atoms with Crippen molar-refractivity contribution in [3.8, 4) is 0 Å². The van der Waals surface area contributed by atoms with E-state index >= 15 is 0 Å². The van der Waals surface area contributed by atoms with E-state index in [1.54, 1.807) is 4.90 Å². The van der Waals surface area contributed by atoms with Gasteiger partial charge in [-0.1, -0.05) is 39.3 Å². The molecule has 0 unspecified atom stereocenters. The van der Waals surface area contributed by atoms with E-state index in [0.29, 0.717) is 13.1 Å². The van der Waals surface area contributed by atoms with Crippen molar-refractivity contribution < 1.29 is 22.7 Å². The van der Waals surface area contributed by atoms with Gasteiger partial charge in [-0.05, 0) is 37.1 Å². The second-order valence-corrected chi connectivity index (χ2v) is 9.31. The highest BCUT2D eigenvalue weighted by Gasteiger charge is 2.21. The summed E-state index contributed by atoms with van der Waals surface area (Å²) < 4.78 is 31.0. The number of hydrogen-bond acceptors (Lipinski definition) is 5. The first-order valence-electron chi connectivity index (χ1n) is 8.66. The summed E-state index contributed by atoms with van der Waals surface area (Å²) in [7, 11) is -2.47. The van der Waals surface area contributed by atoms with Crippen LogP contribution in [-0.4, -0.2) is 51.9 Å². The van der Waals surface area contributed by atoms with Gasteiger partial charge in [0.25, 0.3) is 5.91 Å². The first-order chi connectivity index (χ1) is 12.5. The predicted molar refractivity (Wildman–Crippen MR) is 104 cm³/mol. The van der Waals surface area contributed by atoms with Crippen LogP contribution in [0, 0.1) is 11.8 Å². The lowest BCUT2D eigenvalue weighted by atomic mass is 10.1. The average molecular weight is 419 g/mol. The summed E-state index contributed by atoms with van der Waals surface area (Å²) in [6.45, 7) is 8.69. The topological polar surface area (TPSA) is 92.8 Å². The van der Waals surface area contributed by atoms with Crippen LogP contribution in [0.2, 0.25) is 5.02 Å². The third-order valence-electron chi connectivity index (χ3n) is 3.59. The Kier molecular flexibility index (Phi) is 8.71. The van der Waals surface area contributed by atoms with Gasteiger partial charge < -0.3 is 9.64 Å². The third-order valence-corrected chi connectivity index (χ3v) is 5.33. The minimum atomic E-state index is -3.73. The van der Waals surface area contributed by atoms with E-state index in [0.717, 1.165) is 6.07 Å². The zero-order valence-corrected chi connectivity index (χ0v) is 17.9. The average Bonchev–Trinajstić information content (AvgIpc) is 2.58. The highest BCUT2D eigenvalue weighted by atomic mass is 35.5. The molecule has 9 heteroatoms. The largest absolute Gasteiger partial charge is 0.452 e. The second-order valence-electron chi connectivity index (χ2n) is 7.01. The summed E-state index contributed by atoms with van der Waals surface area (Å²) in [4.78, 5) is 26.3. The van der Waals surface area contributed by atoms with Gasteiger partial charge in [0.05, 0.1) is 15.5 Å². The maximum Gasteiger partial charge on any atom is 0.340 e. The number of sulfonamides is 1. The Hall–Kier alpha value is -1.64. The molecule has 0 bridgehead atoms. The summed E-state index contributed by atoms with van der Waals surface area (Å²) in [5.74, 6) is -0.598. The van der Waals surface area contributed by atoms with E-state index in [1.807, 2.05) is 27.7 Å². The van der Waals surface area contributed by atoms with Crippen molar-refractivity contribution in [2.75, 3.05) is 26.7 Å². The molecule has 1 aromatic carbocycles. The number of halogens is 1. The molecule has 7 nitrogen and oxygen atoms in total. The predicted octanol–water partition coefficient (Wildman–Crippen LogP) is 2.55. The fourth-order valence-corrected chi connectivity index (χ4v) is 3.35. The van der Waals surface area contributed by atoms with Gasteiger partial charge in [-0.3, -0.25) is 4.79 Å². The van der Waals surface area contributed by atoms with Gasteiger partial charge in [-0.25, -0.2) is 17.9 Å². The molecule has 0 radical (unpaired) electrons. The number of benzene rings is 1. The zero-order chi connectivity index (χ0) is 20.8. The lowest BCUT2D eigenvalue weighted by Gasteiger charge is -2.26. The number of rotatable bonds is 9. The van der Waals surface area contributed by atoms with E-state index in [9.17, 15) is 18.0 Å². The van der Waals surface area contributed by atoms with Crippen LogP contribution >= 0.6 is 11.6 Å². The molecule has 27 heavy (non-hydrogen) atoms. The van der Waals surface area contributed by atoms with Crippen LogP contribution in [0.3, 0.4) is 0 Å². The first kappa shape index (κ1) is 23.4. The Morgan fingerprint density at radius 1 is 1.15 bits per heavy atom. The summed E-state index contributed by atoms with van der Waals surface area (Å²) in [6, 6.07) is 3.71. The molecule has 1 amide bonds. The number of ether oxygens (including phenoxy) is 1. The standard InChI is InChI=1S/C18H27ClN2O5S/c1-12(2)9-21(10-13(3)4)17(22)11-26-18(23)15-8-14(6-7-16(15)19)27(24,25)20-5/h6-8,12-13,20H,9-11H2,1-5H3. The molecule has 1 rings (SSSR count). The Morgan fingerprint density at radius 3 is 2.19 bits per heavy atom. The quantitative estimate of drug-likeness (QED) is 0.622. The smallest absolute Gasteiger partial charge is 0.340 e. The van der Waals surface area contributed by atoms with Crippen molar-refractivity contribution >= 4 is 33.5 Å². The SMILES string of the molecule is CNS(=O)(=O)c1ccc(Cl)c(C(=O)OCC(=O)N(CC(C)C)CC(C)C)c1. The number of hydrogen-bond donors (Lipinski definition) is 1. The summed E-state index contributed by atoms with van der Waals surface area (Å²) in [5, 5.41) is 0.0451. The van der Waals surface area contributed by atoms with Crippen molar-refractivity contribution in [2.24, 2.45) is 11.8 Å². The number of esters is 1. The fourth-order valence-electron chi connectivity index (χ4n) is 2.40. The van der Waals surface area contributed by atoms with Crippen molar-refractivity contribution in [2.45, 2.75) is 32.6 Å². The van der Waals surface area contributed by atoms with E-state index in [4.69, 9.17) is 16.3 Å². The normalized spacial score (nSPS) is 11.7. The molecule has 0 aliphatic rings. The number of amides is 1. The minimum absolute atomic E-state index is 0.0451. The number of carbonyl (C=O) groups is 2. The highest BCUT2D eigenvalue weighted by molar-refractivity contribution is 7.89. The Bertz CT molecular complexity index is 768. The Morgan fingerprint density at radius 2 is 1.70 bits per heavy atom. The van der Waals surface area contributed by atoms with Crippen molar-refractivity contribution in [3.05, 3.63) is 28.8 Å². The molecular weight excluding hydrogens is 392 g/mol. The van der Waals surface area contributed by atoms with Crippen molar-refractivity contribution in [3.63, 3.8) is 0 Å². The van der Waals surface area contributed by atoms with Gasteiger partial charge in [0, 0.05) is 13.1 Å². The van der Waals surface area contributed by atoms with Gasteiger partial charge in [-0.2, -0.15) is 0 Å². The van der Waals surface area contributed by atoms with Crippen LogP contribution in [0.4, 0.5) is 0 Å². The number of nitrogens with one attached hydrogen (secondary N) is 1. The Labute approximate surface area is 166 Å². The maximum absolute atomic E-state index is 12.4. The van der Waals surface area contributed by atoms with Crippen LogP contribution in [0.15, 0.2) is 23.1 Å². The third kappa shape index (κ3) is 7.12. The molecule has 0 aliphatic carbocycles. The lowest BCUT2D eigenvalue weighted by Crippen LogP contribution is -2.39. The molecule has 0 spiro atoms. The first-order valence-corrected chi connectivity index (χ1v) is 10.5. The van der Waals surface area contributed by atoms with E-state index in [2.05, 4.69) is 4.72 Å². The minimum Gasteiger partial charge on any atom is -0.452 e. The van der Waals surface area contributed by atoms with Crippen LogP contribution in [0.5, 0.6) is 0 Å². The van der Waals surface area contributed by atoms with E-state index in [-0.39, 0.29) is 33.2 Å². The summed E-state index contributed by atoms with van der Waals surface area (Å²) in [6.07, 6.45) is 0. The van der Waals surface area contributed by atoms with Gasteiger partial charge in [0.2, 0.25) is 10.0 Å². The molecule has 0 fully saturated rings. The lowest BCUT2D eigenvalue weighted by molar-refractivity contribution is -0.135. The fraction of sp³-hybridized carbons (Fsp3) is 0.556. The van der Waals surface area contributed by atoms with Crippen molar-refractivity contribution in [1.29, 1.82) is 0 Å². The van der Waals surface area contributed by atoms with Gasteiger partial charge in [-0.15, -0.1) is 0 Å². The molecule has 0 saturated carbocycles. The van der Waals surface area contributed by atoms with Crippen molar-refractivity contribution in [1.82, 2.24) is 9.62 Å².